The zero-order chi connectivity index (χ0) is 33.1. The van der Waals surface area contributed by atoms with Crippen LogP contribution in [0.4, 0.5) is 0 Å². The van der Waals surface area contributed by atoms with Crippen LogP contribution >= 0.6 is 0 Å². The quantitative estimate of drug-likeness (QED) is 0.119. The van der Waals surface area contributed by atoms with Crippen molar-refractivity contribution in [2.75, 3.05) is 0 Å². The number of hydrogen-bond acceptors (Lipinski definition) is 5. The Labute approximate surface area is 280 Å². The van der Waals surface area contributed by atoms with E-state index in [1.165, 1.54) is 0 Å². The Kier molecular flexibility index (Phi) is 8.34. The molecule has 1 aromatic heterocycles. The van der Waals surface area contributed by atoms with E-state index in [-0.39, 0.29) is 5.91 Å². The van der Waals surface area contributed by atoms with Gasteiger partial charge in [-0.3, -0.25) is 9.69 Å². The molecule has 0 spiro atoms. The summed E-state index contributed by atoms with van der Waals surface area (Å²) in [6.07, 6.45) is 0.694. The Hall–Kier alpha value is -5.95. The summed E-state index contributed by atoms with van der Waals surface area (Å²) in [5, 5.41) is 13.7. The van der Waals surface area contributed by atoms with Crippen molar-refractivity contribution in [2.45, 2.75) is 39.3 Å². The van der Waals surface area contributed by atoms with E-state index < -0.39 is 5.54 Å². The fourth-order valence-corrected chi connectivity index (χ4v) is 6.63. The van der Waals surface area contributed by atoms with Crippen LogP contribution in [0.5, 0.6) is 0 Å². The van der Waals surface area contributed by atoms with E-state index in [9.17, 15) is 4.79 Å². The lowest BCUT2D eigenvalue weighted by molar-refractivity contribution is -0.123. The number of hydrogen-bond donors (Lipinski definition) is 0. The second-order valence-electron chi connectivity index (χ2n) is 12.1. The van der Waals surface area contributed by atoms with Gasteiger partial charge >= 0.3 is 0 Å². The molecule has 0 fully saturated rings. The molecule has 48 heavy (non-hydrogen) atoms. The van der Waals surface area contributed by atoms with E-state index in [0.29, 0.717) is 24.5 Å². The zero-order valence-corrected chi connectivity index (χ0v) is 27.3. The van der Waals surface area contributed by atoms with Crippen LogP contribution in [-0.4, -0.2) is 36.8 Å². The lowest BCUT2D eigenvalue weighted by Gasteiger charge is -2.36. The van der Waals surface area contributed by atoms with Crippen LogP contribution < -0.4 is 0 Å². The van der Waals surface area contributed by atoms with Crippen LogP contribution in [0.15, 0.2) is 156 Å². The van der Waals surface area contributed by atoms with Gasteiger partial charge in [0.1, 0.15) is 17.1 Å². The van der Waals surface area contributed by atoms with E-state index in [2.05, 4.69) is 124 Å². The minimum absolute atomic E-state index is 0.0353. The zero-order valence-electron chi connectivity index (χ0n) is 27.3. The predicted molar refractivity (Wildman–Crippen MR) is 190 cm³/mol. The first-order valence-corrected chi connectivity index (χ1v) is 16.2. The highest BCUT2D eigenvalue weighted by Gasteiger charge is 2.42. The number of carbonyl (C=O) groups is 1. The van der Waals surface area contributed by atoms with Crippen LogP contribution in [0, 0.1) is 0 Å². The molecule has 5 aromatic carbocycles. The van der Waals surface area contributed by atoms with Gasteiger partial charge in [-0.05, 0) is 63.2 Å². The highest BCUT2D eigenvalue weighted by atomic mass is 16.2. The van der Waals surface area contributed by atoms with E-state index in [1.54, 1.807) is 4.90 Å². The van der Waals surface area contributed by atoms with Gasteiger partial charge in [0.2, 0.25) is 0 Å². The number of benzene rings is 5. The van der Waals surface area contributed by atoms with Crippen LogP contribution in [-0.2, 0) is 16.9 Å². The molecule has 0 saturated carbocycles. The summed E-state index contributed by atoms with van der Waals surface area (Å²) in [7, 11) is 0. The number of aromatic nitrogens is 4. The monoisotopic (exact) mass is 628 g/mol. The maximum absolute atomic E-state index is 13.1. The van der Waals surface area contributed by atoms with E-state index in [0.717, 1.165) is 50.4 Å². The van der Waals surface area contributed by atoms with E-state index >= 15 is 0 Å². The van der Waals surface area contributed by atoms with Crippen molar-refractivity contribution in [3.63, 3.8) is 0 Å². The van der Waals surface area contributed by atoms with Crippen molar-refractivity contribution in [3.05, 3.63) is 173 Å². The second kappa shape index (κ2) is 13.0. The number of allylic oxidation sites excluding steroid dienone is 1. The molecular weight excluding hydrogens is 592 g/mol. The third-order valence-corrected chi connectivity index (χ3v) is 8.93. The molecule has 1 aliphatic heterocycles. The first kappa shape index (κ1) is 30.7. The summed E-state index contributed by atoms with van der Waals surface area (Å²) in [6.45, 7) is 6.36. The van der Waals surface area contributed by atoms with Crippen molar-refractivity contribution in [1.82, 2.24) is 25.1 Å². The third kappa shape index (κ3) is 5.33. The van der Waals surface area contributed by atoms with E-state index in [4.69, 9.17) is 5.21 Å². The fraction of sp³-hybridized carbons (Fsp3) is 0.146. The molecule has 0 N–H and O–H groups in total. The highest BCUT2D eigenvalue weighted by molar-refractivity contribution is 6.12. The smallest absolute Gasteiger partial charge is 0.278 e. The van der Waals surface area contributed by atoms with Gasteiger partial charge in [0.15, 0.2) is 5.82 Å². The molecule has 0 atom stereocenters. The topological polar surface area (TPSA) is 76.3 Å². The average molecular weight is 629 g/mol. The number of tetrazole rings is 1. The summed E-state index contributed by atoms with van der Waals surface area (Å²) in [5.41, 5.74) is 7.71. The first-order chi connectivity index (χ1) is 23.5. The Bertz CT molecular complexity index is 2020. The Morgan fingerprint density at radius 3 is 1.71 bits per heavy atom. The Morgan fingerprint density at radius 2 is 1.19 bits per heavy atom. The van der Waals surface area contributed by atoms with Gasteiger partial charge in [-0.1, -0.05) is 146 Å². The standard InChI is InChI=1S/C41H36N6O/c1-4-37-42-38(29(2)3)40(48)46(37)28-30-24-26-31(27-25-30)35-22-14-15-23-36(35)39-43-44-45-47(39)41(32-16-8-5-9-17-32,33-18-10-6-11-19-33)34-20-12-7-13-21-34/h5-27H,4,28H2,1-3H3. The molecule has 7 rings (SSSR count). The lowest BCUT2D eigenvalue weighted by Crippen LogP contribution is -2.39. The molecular formula is C41H36N6O. The van der Waals surface area contributed by atoms with Gasteiger partial charge in [0.05, 0.1) is 6.54 Å². The molecule has 1 aliphatic rings. The molecule has 0 unspecified atom stereocenters. The molecule has 0 aliphatic carbocycles. The summed E-state index contributed by atoms with van der Waals surface area (Å²) >= 11 is 0. The van der Waals surface area contributed by atoms with Crippen LogP contribution in [0.1, 0.15) is 49.4 Å². The first-order valence-electron chi connectivity index (χ1n) is 16.2. The fourth-order valence-electron chi connectivity index (χ4n) is 6.63. The predicted octanol–water partition coefficient (Wildman–Crippen LogP) is 8.29. The molecule has 6 aromatic rings. The maximum atomic E-state index is 13.1. The van der Waals surface area contributed by atoms with Gasteiger partial charge in [0.25, 0.3) is 5.91 Å². The summed E-state index contributed by atoms with van der Waals surface area (Å²) < 4.78 is 1.96. The van der Waals surface area contributed by atoms with Crippen molar-refractivity contribution in [2.24, 2.45) is 4.99 Å². The van der Waals surface area contributed by atoms with Crippen LogP contribution in [0.3, 0.4) is 0 Å². The number of aliphatic imine (C=N–C) groups is 1. The van der Waals surface area contributed by atoms with Crippen molar-refractivity contribution >= 4 is 11.7 Å². The molecule has 0 radical (unpaired) electrons. The number of amides is 1. The molecule has 2 heterocycles. The normalized spacial score (nSPS) is 13.1. The molecule has 7 nitrogen and oxygen atoms in total. The summed E-state index contributed by atoms with van der Waals surface area (Å²) in [6, 6.07) is 47.8. The highest BCUT2D eigenvalue weighted by Crippen LogP contribution is 2.43. The SMILES string of the molecule is CCC1=NC(=C(C)C)C(=O)N1Cc1ccc(-c2ccccc2-c2nnnn2C(c2ccccc2)(c2ccccc2)c2ccccc2)cc1. The number of nitrogens with zero attached hydrogens (tertiary/aromatic N) is 6. The Balaban J connectivity index is 1.33. The number of amidine groups is 1. The van der Waals surface area contributed by atoms with Crippen molar-refractivity contribution in [1.29, 1.82) is 0 Å². The average Bonchev–Trinajstić information content (AvgIpc) is 3.75. The maximum Gasteiger partial charge on any atom is 0.278 e. The second-order valence-corrected chi connectivity index (χ2v) is 12.1. The minimum Gasteiger partial charge on any atom is -0.290 e. The van der Waals surface area contributed by atoms with Gasteiger partial charge < -0.3 is 0 Å². The summed E-state index contributed by atoms with van der Waals surface area (Å²) in [4.78, 5) is 19.5. The number of carbonyl (C=O) groups excluding carboxylic acids is 1. The molecule has 236 valence electrons. The van der Waals surface area contributed by atoms with E-state index in [1.807, 2.05) is 55.8 Å². The van der Waals surface area contributed by atoms with Crippen LogP contribution in [0.2, 0.25) is 0 Å². The van der Waals surface area contributed by atoms with Gasteiger partial charge in [0, 0.05) is 12.0 Å². The van der Waals surface area contributed by atoms with Crippen LogP contribution in [0.25, 0.3) is 22.5 Å². The van der Waals surface area contributed by atoms with Gasteiger partial charge in [-0.25, -0.2) is 9.67 Å². The summed E-state index contributed by atoms with van der Waals surface area (Å²) in [5.74, 6) is 1.41. The van der Waals surface area contributed by atoms with Gasteiger partial charge in [-0.2, -0.15) is 0 Å². The molecule has 1 amide bonds. The third-order valence-electron chi connectivity index (χ3n) is 8.93. The van der Waals surface area contributed by atoms with Crippen molar-refractivity contribution in [3.8, 4) is 22.5 Å². The molecule has 7 heteroatoms. The van der Waals surface area contributed by atoms with Crippen molar-refractivity contribution < 1.29 is 4.79 Å². The Morgan fingerprint density at radius 1 is 0.667 bits per heavy atom. The largest absolute Gasteiger partial charge is 0.290 e. The number of rotatable bonds is 9. The van der Waals surface area contributed by atoms with Gasteiger partial charge in [-0.15, -0.1) is 5.10 Å². The minimum atomic E-state index is -0.857. The molecule has 0 bridgehead atoms. The molecule has 0 saturated heterocycles. The lowest BCUT2D eigenvalue weighted by atomic mass is 9.77.